The molecule has 4 nitrogen and oxygen atoms in total. The number of hydrogen-bond acceptors (Lipinski definition) is 3. The zero-order valence-corrected chi connectivity index (χ0v) is 20.8. The maximum Gasteiger partial charge on any atom is 2.00 e. The standard InChI is InChI=1S/C21H21N2O2S.C6H5.Ru/c1-16-12-14-19(15-13-16)26(24,25)23-21(18-10-6-3-7-11-18)20(22)17-8-4-2-5-9-17;1-2-4-6-5-3-1;/h2-15,20-21H,22H2,1H3;1-5H;/q2*-1;+2. The first kappa shape index (κ1) is 26.6. The van der Waals surface area contributed by atoms with Crippen molar-refractivity contribution < 1.29 is 27.9 Å². The van der Waals surface area contributed by atoms with Crippen LogP contribution in [0.25, 0.3) is 4.72 Å². The Bertz CT molecular complexity index is 1140. The van der Waals surface area contributed by atoms with Crippen LogP contribution >= 0.6 is 0 Å². The van der Waals surface area contributed by atoms with Crippen molar-refractivity contribution >= 4 is 10.0 Å². The summed E-state index contributed by atoms with van der Waals surface area (Å²) in [6, 6.07) is 36.6. The van der Waals surface area contributed by atoms with E-state index in [-0.39, 0.29) is 24.4 Å². The van der Waals surface area contributed by atoms with Crippen molar-refractivity contribution in [3.63, 3.8) is 0 Å². The summed E-state index contributed by atoms with van der Waals surface area (Å²) in [5.41, 5.74) is 9.01. The zero-order valence-electron chi connectivity index (χ0n) is 18.2. The number of benzene rings is 4. The van der Waals surface area contributed by atoms with Gasteiger partial charge in [-0.05, 0) is 24.6 Å². The Balaban J connectivity index is 0.000000479. The molecule has 0 aliphatic rings. The SMILES string of the molecule is Cc1ccc(S(=O)(=O)[N-]C(c2ccccc2)C(N)c2ccccc2)cc1.[Ru+2].[c-]1ccccc1. The van der Waals surface area contributed by atoms with Gasteiger partial charge in [-0.1, -0.05) is 90.0 Å². The van der Waals surface area contributed by atoms with Crippen LogP contribution in [0, 0.1) is 13.0 Å². The minimum atomic E-state index is -3.83. The van der Waals surface area contributed by atoms with Gasteiger partial charge in [0.25, 0.3) is 0 Å². The molecule has 0 amide bonds. The Hall–Kier alpha value is -2.63. The molecular weight excluding hydrogens is 517 g/mol. The molecule has 0 spiro atoms. The number of nitrogens with two attached hydrogens (primary N) is 1. The van der Waals surface area contributed by atoms with Crippen LogP contribution in [0.1, 0.15) is 28.8 Å². The van der Waals surface area contributed by atoms with Crippen molar-refractivity contribution in [1.82, 2.24) is 0 Å². The predicted octanol–water partition coefficient (Wildman–Crippen LogP) is 5.98. The number of sulfonamides is 1. The fraction of sp³-hybridized carbons (Fsp3) is 0.111. The summed E-state index contributed by atoms with van der Waals surface area (Å²) in [4.78, 5) is 0.171. The molecule has 4 aromatic rings. The Morgan fingerprint density at radius 2 is 1.21 bits per heavy atom. The first-order chi connectivity index (χ1) is 15.5. The van der Waals surface area contributed by atoms with Gasteiger partial charge in [0.15, 0.2) is 0 Å². The van der Waals surface area contributed by atoms with Gasteiger partial charge in [-0.3, -0.25) is 0 Å². The Kier molecular flexibility index (Phi) is 10.6. The van der Waals surface area contributed by atoms with Gasteiger partial charge in [0, 0.05) is 10.9 Å². The number of rotatable bonds is 6. The average Bonchev–Trinajstić information content (AvgIpc) is 2.85. The average molecular weight is 544 g/mol. The second-order valence-electron chi connectivity index (χ2n) is 7.26. The summed E-state index contributed by atoms with van der Waals surface area (Å²) >= 11 is 0. The van der Waals surface area contributed by atoms with E-state index < -0.39 is 22.1 Å². The van der Waals surface area contributed by atoms with Gasteiger partial charge in [-0.15, -0.1) is 0 Å². The van der Waals surface area contributed by atoms with E-state index in [1.54, 1.807) is 24.3 Å². The van der Waals surface area contributed by atoms with E-state index in [9.17, 15) is 8.42 Å². The largest absolute Gasteiger partial charge is 2.00 e. The van der Waals surface area contributed by atoms with E-state index in [1.807, 2.05) is 97.9 Å². The van der Waals surface area contributed by atoms with Crippen molar-refractivity contribution in [3.8, 4) is 0 Å². The van der Waals surface area contributed by atoms with Crippen LogP contribution in [-0.2, 0) is 29.5 Å². The van der Waals surface area contributed by atoms with Crippen LogP contribution in [0.2, 0.25) is 0 Å². The Morgan fingerprint density at radius 1 is 0.727 bits per heavy atom. The van der Waals surface area contributed by atoms with Crippen LogP contribution in [-0.4, -0.2) is 8.42 Å². The quantitative estimate of drug-likeness (QED) is 0.240. The van der Waals surface area contributed by atoms with Crippen LogP contribution in [0.15, 0.2) is 120 Å². The molecule has 4 rings (SSSR count). The van der Waals surface area contributed by atoms with Gasteiger partial charge in [0.1, 0.15) is 10.0 Å². The molecule has 0 saturated carbocycles. The molecule has 0 fully saturated rings. The van der Waals surface area contributed by atoms with Gasteiger partial charge in [-0.2, -0.15) is 36.4 Å². The molecule has 6 heteroatoms. The van der Waals surface area contributed by atoms with Crippen molar-refractivity contribution in [2.24, 2.45) is 5.73 Å². The molecule has 2 N–H and O–H groups in total. The molecule has 0 saturated heterocycles. The smallest absolute Gasteiger partial charge is 0.537 e. The number of aryl methyl sites for hydroxylation is 1. The van der Waals surface area contributed by atoms with Gasteiger partial charge in [0.2, 0.25) is 0 Å². The minimum Gasteiger partial charge on any atom is -0.537 e. The molecule has 33 heavy (non-hydrogen) atoms. The maximum absolute atomic E-state index is 12.8. The van der Waals surface area contributed by atoms with Crippen LogP contribution in [0.3, 0.4) is 0 Å². The predicted molar refractivity (Wildman–Crippen MR) is 130 cm³/mol. The molecule has 0 bridgehead atoms. The first-order valence-electron chi connectivity index (χ1n) is 10.3. The number of hydrogen-bond donors (Lipinski definition) is 1. The summed E-state index contributed by atoms with van der Waals surface area (Å²) in [5, 5.41) is 0. The fourth-order valence-corrected chi connectivity index (χ4v) is 4.26. The third kappa shape index (κ3) is 8.02. The minimum absolute atomic E-state index is 0. The molecule has 4 aromatic carbocycles. The fourth-order valence-electron chi connectivity index (χ4n) is 3.10. The Labute approximate surface area is 209 Å². The van der Waals surface area contributed by atoms with E-state index in [0.29, 0.717) is 0 Å². The third-order valence-electron chi connectivity index (χ3n) is 4.84. The summed E-state index contributed by atoms with van der Waals surface area (Å²) in [5.74, 6) is 0. The zero-order chi connectivity index (χ0) is 22.8. The Morgan fingerprint density at radius 3 is 1.67 bits per heavy atom. The molecule has 2 unspecified atom stereocenters. The van der Waals surface area contributed by atoms with E-state index in [2.05, 4.69) is 10.8 Å². The molecule has 0 radical (unpaired) electrons. The van der Waals surface area contributed by atoms with Crippen LogP contribution < -0.4 is 5.73 Å². The monoisotopic (exact) mass is 544 g/mol. The topological polar surface area (TPSA) is 74.3 Å². The first-order valence-corrected chi connectivity index (χ1v) is 11.7. The van der Waals surface area contributed by atoms with E-state index in [0.717, 1.165) is 16.7 Å². The molecule has 2 atom stereocenters. The summed E-state index contributed by atoms with van der Waals surface area (Å²) in [6.07, 6.45) is 0. The second-order valence-corrected chi connectivity index (χ2v) is 8.90. The summed E-state index contributed by atoms with van der Waals surface area (Å²) in [7, 11) is -3.83. The molecule has 0 aliphatic carbocycles. The molecular formula is C27H26N2O2RuS. The van der Waals surface area contributed by atoms with Crippen molar-refractivity contribution in [1.29, 1.82) is 0 Å². The van der Waals surface area contributed by atoms with Crippen LogP contribution in [0.4, 0.5) is 0 Å². The molecule has 0 aromatic heterocycles. The normalized spacial score (nSPS) is 12.4. The van der Waals surface area contributed by atoms with E-state index in [4.69, 9.17) is 5.73 Å². The van der Waals surface area contributed by atoms with Gasteiger partial charge < -0.3 is 10.5 Å². The van der Waals surface area contributed by atoms with Crippen molar-refractivity contribution in [3.05, 3.63) is 143 Å². The summed E-state index contributed by atoms with van der Waals surface area (Å²) < 4.78 is 29.9. The second kappa shape index (κ2) is 13.2. The van der Waals surface area contributed by atoms with Gasteiger partial charge >= 0.3 is 19.5 Å². The van der Waals surface area contributed by atoms with Crippen molar-refractivity contribution in [2.75, 3.05) is 0 Å². The maximum atomic E-state index is 12.8. The van der Waals surface area contributed by atoms with Crippen molar-refractivity contribution in [2.45, 2.75) is 23.9 Å². The number of nitrogens with zero attached hydrogens (tertiary/aromatic N) is 1. The van der Waals surface area contributed by atoms with Gasteiger partial charge in [-0.25, -0.2) is 8.42 Å². The third-order valence-corrected chi connectivity index (χ3v) is 6.22. The van der Waals surface area contributed by atoms with E-state index in [1.165, 1.54) is 0 Å². The molecule has 0 heterocycles. The summed E-state index contributed by atoms with van der Waals surface area (Å²) in [6.45, 7) is 1.91. The van der Waals surface area contributed by atoms with Crippen LogP contribution in [0.5, 0.6) is 0 Å². The molecule has 0 aliphatic heterocycles. The van der Waals surface area contributed by atoms with E-state index >= 15 is 0 Å². The molecule has 170 valence electrons. The van der Waals surface area contributed by atoms with Gasteiger partial charge in [0.05, 0.1) is 0 Å².